The third kappa shape index (κ3) is 4.09. The molecule has 1 saturated heterocycles. The largest absolute Gasteiger partial charge is 0.372 e. The summed E-state index contributed by atoms with van der Waals surface area (Å²) in [7, 11) is 0. The van der Waals surface area contributed by atoms with Gasteiger partial charge in [0, 0.05) is 12.6 Å². The molecule has 2 N–H and O–H groups in total. The van der Waals surface area contributed by atoms with Crippen molar-refractivity contribution in [1.82, 2.24) is 4.90 Å². The van der Waals surface area contributed by atoms with Crippen molar-refractivity contribution in [2.24, 2.45) is 5.73 Å². The molecule has 3 nitrogen and oxygen atoms in total. The minimum Gasteiger partial charge on any atom is -0.372 e. The van der Waals surface area contributed by atoms with Gasteiger partial charge in [-0.05, 0) is 38.4 Å². The maximum Gasteiger partial charge on any atom is 0.0721 e. The molecule has 3 heteroatoms. The molecular weight excluding hydrogens is 224 g/mol. The van der Waals surface area contributed by atoms with Crippen LogP contribution in [-0.2, 0) is 11.3 Å². The van der Waals surface area contributed by atoms with Crippen LogP contribution in [0.15, 0.2) is 30.3 Å². The molecule has 0 aliphatic carbocycles. The number of hydrogen-bond donors (Lipinski definition) is 1. The molecule has 1 aromatic rings. The van der Waals surface area contributed by atoms with Crippen molar-refractivity contribution in [1.29, 1.82) is 0 Å². The van der Waals surface area contributed by atoms with Crippen LogP contribution in [0.1, 0.15) is 25.3 Å². The predicted molar refractivity (Wildman–Crippen MR) is 74.3 cm³/mol. The first-order valence-electron chi connectivity index (χ1n) is 6.89. The molecule has 0 amide bonds. The highest BCUT2D eigenvalue weighted by atomic mass is 16.5. The Morgan fingerprint density at radius 1 is 1.22 bits per heavy atom. The van der Waals surface area contributed by atoms with E-state index in [1.165, 1.54) is 31.5 Å². The monoisotopic (exact) mass is 248 g/mol. The third-order valence-electron chi connectivity index (χ3n) is 3.63. The van der Waals surface area contributed by atoms with Crippen LogP contribution in [0.5, 0.6) is 0 Å². The van der Waals surface area contributed by atoms with Crippen LogP contribution in [0.4, 0.5) is 0 Å². The van der Waals surface area contributed by atoms with Crippen molar-refractivity contribution < 1.29 is 4.74 Å². The summed E-state index contributed by atoms with van der Waals surface area (Å²) in [5, 5.41) is 0. The number of hydrogen-bond acceptors (Lipinski definition) is 3. The Morgan fingerprint density at radius 2 is 1.89 bits per heavy atom. The molecule has 1 fully saturated rings. The van der Waals surface area contributed by atoms with Crippen molar-refractivity contribution in [3.8, 4) is 0 Å². The van der Waals surface area contributed by atoms with E-state index >= 15 is 0 Å². The molecular formula is C15H24N2O. The van der Waals surface area contributed by atoms with Gasteiger partial charge >= 0.3 is 0 Å². The van der Waals surface area contributed by atoms with Gasteiger partial charge in [0.25, 0.3) is 0 Å². The van der Waals surface area contributed by atoms with Crippen LogP contribution in [0.3, 0.4) is 0 Å². The Balaban J connectivity index is 1.71. The lowest BCUT2D eigenvalue weighted by Gasteiger charge is -2.25. The Morgan fingerprint density at radius 3 is 2.56 bits per heavy atom. The van der Waals surface area contributed by atoms with Crippen molar-refractivity contribution in [3.63, 3.8) is 0 Å². The number of likely N-dealkylation sites (tertiary alicyclic amines) is 1. The highest BCUT2D eigenvalue weighted by molar-refractivity contribution is 5.13. The SMILES string of the molecule is C[C@@H](OCc1ccccc1)[C@@H](N)CN1CCCC1. The molecule has 1 aliphatic heterocycles. The normalized spacial score (nSPS) is 19.9. The topological polar surface area (TPSA) is 38.5 Å². The molecule has 1 aliphatic rings. The lowest BCUT2D eigenvalue weighted by atomic mass is 10.2. The fourth-order valence-corrected chi connectivity index (χ4v) is 2.34. The summed E-state index contributed by atoms with van der Waals surface area (Å²) in [4.78, 5) is 2.44. The Bertz CT molecular complexity index is 336. The molecule has 100 valence electrons. The van der Waals surface area contributed by atoms with E-state index in [-0.39, 0.29) is 12.1 Å². The second-order valence-corrected chi connectivity index (χ2v) is 5.17. The van der Waals surface area contributed by atoms with E-state index in [9.17, 15) is 0 Å². The zero-order valence-corrected chi connectivity index (χ0v) is 11.2. The molecule has 2 atom stereocenters. The van der Waals surface area contributed by atoms with Gasteiger partial charge in [-0.25, -0.2) is 0 Å². The minimum absolute atomic E-state index is 0.103. The minimum atomic E-state index is 0.103. The average Bonchev–Trinajstić information content (AvgIpc) is 2.90. The molecule has 2 rings (SSSR count). The van der Waals surface area contributed by atoms with Gasteiger partial charge < -0.3 is 15.4 Å². The molecule has 18 heavy (non-hydrogen) atoms. The predicted octanol–water partition coefficient (Wildman–Crippen LogP) is 2.01. The average molecular weight is 248 g/mol. The molecule has 0 aromatic heterocycles. The lowest BCUT2D eigenvalue weighted by Crippen LogP contribution is -2.44. The van der Waals surface area contributed by atoms with E-state index in [1.807, 2.05) is 18.2 Å². The number of nitrogens with zero attached hydrogens (tertiary/aromatic N) is 1. The van der Waals surface area contributed by atoms with Crippen LogP contribution >= 0.6 is 0 Å². The van der Waals surface area contributed by atoms with Gasteiger partial charge in [0.1, 0.15) is 0 Å². The first-order chi connectivity index (χ1) is 8.75. The smallest absolute Gasteiger partial charge is 0.0721 e. The maximum absolute atomic E-state index is 6.19. The fourth-order valence-electron chi connectivity index (χ4n) is 2.34. The van der Waals surface area contributed by atoms with Crippen LogP contribution in [0.2, 0.25) is 0 Å². The number of benzene rings is 1. The van der Waals surface area contributed by atoms with E-state index in [0.29, 0.717) is 6.61 Å². The van der Waals surface area contributed by atoms with E-state index < -0.39 is 0 Å². The first kappa shape index (κ1) is 13.5. The Kier molecular flexibility index (Phi) is 5.17. The van der Waals surface area contributed by atoms with Gasteiger partial charge in [-0.2, -0.15) is 0 Å². The van der Waals surface area contributed by atoms with Crippen molar-refractivity contribution in [2.45, 2.75) is 38.5 Å². The summed E-state index contributed by atoms with van der Waals surface area (Å²) in [5.41, 5.74) is 7.40. The highest BCUT2D eigenvalue weighted by Crippen LogP contribution is 2.10. The zero-order chi connectivity index (χ0) is 12.8. The number of ether oxygens (including phenoxy) is 1. The first-order valence-corrected chi connectivity index (χ1v) is 6.89. The van der Waals surface area contributed by atoms with Gasteiger partial charge in [0.2, 0.25) is 0 Å². The van der Waals surface area contributed by atoms with Gasteiger partial charge in [0.05, 0.1) is 12.7 Å². The maximum atomic E-state index is 6.19. The van der Waals surface area contributed by atoms with E-state index in [0.717, 1.165) is 6.54 Å². The molecule has 0 spiro atoms. The Hall–Kier alpha value is -0.900. The molecule has 0 bridgehead atoms. The zero-order valence-electron chi connectivity index (χ0n) is 11.2. The second kappa shape index (κ2) is 6.88. The number of rotatable bonds is 6. The molecule has 1 heterocycles. The van der Waals surface area contributed by atoms with Crippen LogP contribution in [0, 0.1) is 0 Å². The van der Waals surface area contributed by atoms with Gasteiger partial charge in [-0.3, -0.25) is 0 Å². The van der Waals surface area contributed by atoms with E-state index in [2.05, 4.69) is 24.0 Å². The Labute approximate surface area is 110 Å². The summed E-state index contributed by atoms with van der Waals surface area (Å²) in [5.74, 6) is 0. The van der Waals surface area contributed by atoms with Gasteiger partial charge in [0.15, 0.2) is 0 Å². The van der Waals surface area contributed by atoms with Crippen LogP contribution in [-0.4, -0.2) is 36.7 Å². The van der Waals surface area contributed by atoms with E-state index in [4.69, 9.17) is 10.5 Å². The van der Waals surface area contributed by atoms with Gasteiger partial charge in [-0.15, -0.1) is 0 Å². The second-order valence-electron chi connectivity index (χ2n) is 5.17. The fraction of sp³-hybridized carbons (Fsp3) is 0.600. The molecule has 0 radical (unpaired) electrons. The molecule has 0 unspecified atom stereocenters. The highest BCUT2D eigenvalue weighted by Gasteiger charge is 2.19. The standard InChI is InChI=1S/C15H24N2O/c1-13(15(16)11-17-9-5-6-10-17)18-12-14-7-3-2-4-8-14/h2-4,7-8,13,15H,5-6,9-12,16H2,1H3/t13-,15+/m1/s1. The van der Waals surface area contributed by atoms with Crippen molar-refractivity contribution in [3.05, 3.63) is 35.9 Å². The van der Waals surface area contributed by atoms with Crippen molar-refractivity contribution in [2.75, 3.05) is 19.6 Å². The summed E-state index contributed by atoms with van der Waals surface area (Å²) < 4.78 is 5.85. The molecule has 1 aromatic carbocycles. The summed E-state index contributed by atoms with van der Waals surface area (Å²) >= 11 is 0. The van der Waals surface area contributed by atoms with Crippen LogP contribution in [0.25, 0.3) is 0 Å². The quantitative estimate of drug-likeness (QED) is 0.837. The molecule has 0 saturated carbocycles. The van der Waals surface area contributed by atoms with Crippen molar-refractivity contribution >= 4 is 0 Å². The van der Waals surface area contributed by atoms with E-state index in [1.54, 1.807) is 0 Å². The summed E-state index contributed by atoms with van der Waals surface area (Å²) in [6.45, 7) is 6.06. The summed E-state index contributed by atoms with van der Waals surface area (Å²) in [6, 6.07) is 10.4. The summed E-state index contributed by atoms with van der Waals surface area (Å²) in [6.07, 6.45) is 2.73. The lowest BCUT2D eigenvalue weighted by molar-refractivity contribution is 0.0289. The van der Waals surface area contributed by atoms with Crippen LogP contribution < -0.4 is 5.73 Å². The van der Waals surface area contributed by atoms with Gasteiger partial charge in [-0.1, -0.05) is 30.3 Å². The third-order valence-corrected chi connectivity index (χ3v) is 3.63. The number of nitrogens with two attached hydrogens (primary N) is 1.